The van der Waals surface area contributed by atoms with E-state index in [1.54, 1.807) is 12.2 Å². The van der Waals surface area contributed by atoms with Crippen LogP contribution >= 0.6 is 0 Å². The van der Waals surface area contributed by atoms with Gasteiger partial charge in [0.2, 0.25) is 0 Å². The molecule has 54 heavy (non-hydrogen) atoms. The molecule has 4 bridgehead atoms. The van der Waals surface area contributed by atoms with Gasteiger partial charge in [0.25, 0.3) is 0 Å². The molecule has 4 heterocycles. The maximum atomic E-state index is 13.4. The van der Waals surface area contributed by atoms with Gasteiger partial charge in [-0.15, -0.1) is 6.58 Å². The number of piperidine rings is 2. The first-order chi connectivity index (χ1) is 26.0. The zero-order valence-corrected chi connectivity index (χ0v) is 30.9. The maximum Gasteiger partial charge on any atom is 0.311 e. The van der Waals surface area contributed by atoms with Crippen LogP contribution < -0.4 is 0 Å². The Kier molecular flexibility index (Phi) is 7.73. The number of hydrogen-bond donors (Lipinski definition) is 2. The van der Waals surface area contributed by atoms with Crippen LogP contribution in [0.25, 0.3) is 0 Å². The van der Waals surface area contributed by atoms with E-state index in [2.05, 4.69) is 29.4 Å². The molecule has 0 aromatic carbocycles. The number of likely N-dealkylation sites (N-methyl/N-ethyl adjacent to an activating group) is 1. The van der Waals surface area contributed by atoms with E-state index in [1.807, 2.05) is 12.2 Å². The Hall–Kier alpha value is -3.58. The van der Waals surface area contributed by atoms with Gasteiger partial charge < -0.3 is 29.2 Å². The first-order valence-corrected chi connectivity index (χ1v) is 20.2. The quantitative estimate of drug-likeness (QED) is 0.263. The summed E-state index contributed by atoms with van der Waals surface area (Å²) in [5, 5.41) is 24.8. The Bertz CT molecular complexity index is 1870. The summed E-state index contributed by atoms with van der Waals surface area (Å²) in [6.45, 7) is 9.02. The third-order valence-electron chi connectivity index (χ3n) is 15.7. The zero-order chi connectivity index (χ0) is 37.4. The molecular formula is C42H50N2O10. The minimum Gasteiger partial charge on any atom is -0.482 e. The molecule has 4 unspecified atom stereocenters. The Balaban J connectivity index is 0.821. The molecule has 288 valence electrons. The number of Topliss-reactive ketones (excluding diaryl/α,β-unsaturated/α-hetero) is 2. The molecule has 0 aromatic heterocycles. The Morgan fingerprint density at radius 2 is 1.30 bits per heavy atom. The minimum atomic E-state index is -1.11. The number of nitrogens with zero attached hydrogens (tertiary/aromatic N) is 2. The number of ketones is 2. The van der Waals surface area contributed by atoms with Crippen molar-refractivity contribution in [2.45, 2.75) is 113 Å². The summed E-state index contributed by atoms with van der Waals surface area (Å²) in [7, 11) is 0. The second-order valence-electron chi connectivity index (χ2n) is 17.5. The maximum absolute atomic E-state index is 13.4. The van der Waals surface area contributed by atoms with Gasteiger partial charge in [0.15, 0.2) is 35.3 Å². The first-order valence-electron chi connectivity index (χ1n) is 20.2. The molecule has 6 aliphatic carbocycles. The van der Waals surface area contributed by atoms with Gasteiger partial charge in [-0.25, -0.2) is 0 Å². The normalized spacial score (nSPS) is 45.0. The number of hydrogen-bond acceptors (Lipinski definition) is 12. The number of allylic oxidation sites excluding steroid dienone is 6. The fraction of sp³-hybridized carbons (Fsp3) is 0.667. The summed E-state index contributed by atoms with van der Waals surface area (Å²) in [6, 6.07) is -0.180. The van der Waals surface area contributed by atoms with E-state index in [4.69, 9.17) is 18.9 Å². The van der Waals surface area contributed by atoms with Gasteiger partial charge in [-0.3, -0.25) is 29.0 Å². The third-order valence-corrected chi connectivity index (χ3v) is 15.7. The molecule has 2 spiro atoms. The third kappa shape index (κ3) is 4.28. The molecule has 10 aliphatic rings. The summed E-state index contributed by atoms with van der Waals surface area (Å²) in [4.78, 5) is 57.8. The highest BCUT2D eigenvalue weighted by molar-refractivity contribution is 5.88. The average Bonchev–Trinajstić information content (AvgIpc) is 3.69. The number of carbonyl (C=O) groups is 4. The molecule has 12 nitrogen and oxygen atoms in total. The highest BCUT2D eigenvalue weighted by Gasteiger charge is 2.78. The second-order valence-corrected chi connectivity index (χ2v) is 17.5. The Morgan fingerprint density at radius 3 is 1.78 bits per heavy atom. The van der Waals surface area contributed by atoms with Crippen molar-refractivity contribution in [3.63, 3.8) is 0 Å². The van der Waals surface area contributed by atoms with Crippen LogP contribution in [0.4, 0.5) is 0 Å². The summed E-state index contributed by atoms with van der Waals surface area (Å²) in [5.41, 5.74) is -3.70. The van der Waals surface area contributed by atoms with Crippen molar-refractivity contribution in [1.29, 1.82) is 0 Å². The predicted molar refractivity (Wildman–Crippen MR) is 190 cm³/mol. The number of carbonyl (C=O) groups excluding carboxylic acids is 4. The van der Waals surface area contributed by atoms with Crippen LogP contribution in [0.1, 0.15) is 77.6 Å². The van der Waals surface area contributed by atoms with Gasteiger partial charge in [0.1, 0.15) is 11.5 Å². The van der Waals surface area contributed by atoms with Crippen molar-refractivity contribution in [2.75, 3.05) is 26.2 Å². The van der Waals surface area contributed by atoms with Crippen molar-refractivity contribution >= 4 is 23.5 Å². The van der Waals surface area contributed by atoms with Gasteiger partial charge in [-0.2, -0.15) is 0 Å². The highest BCUT2D eigenvalue weighted by Crippen LogP contribution is 2.71. The molecule has 8 fully saturated rings. The monoisotopic (exact) mass is 742 g/mol. The van der Waals surface area contributed by atoms with Gasteiger partial charge in [0, 0.05) is 56.1 Å². The molecular weight excluding hydrogens is 692 g/mol. The topological polar surface area (TPSA) is 152 Å². The van der Waals surface area contributed by atoms with E-state index in [-0.39, 0.29) is 90.9 Å². The summed E-state index contributed by atoms with van der Waals surface area (Å²) in [5.74, 6) is 0.0580. The Morgan fingerprint density at radius 1 is 0.815 bits per heavy atom. The van der Waals surface area contributed by atoms with Crippen LogP contribution in [0.2, 0.25) is 0 Å². The Labute approximate surface area is 314 Å². The number of aliphatic hydroxyl groups is 2. The number of likely N-dealkylation sites (tertiary alicyclic amines) is 2. The smallest absolute Gasteiger partial charge is 0.311 e. The van der Waals surface area contributed by atoms with Crippen LogP contribution in [-0.4, -0.2) is 105 Å². The molecule has 12 atom stereocenters. The van der Waals surface area contributed by atoms with Crippen molar-refractivity contribution in [3.8, 4) is 0 Å². The van der Waals surface area contributed by atoms with Crippen molar-refractivity contribution in [1.82, 2.24) is 9.80 Å². The summed E-state index contributed by atoms with van der Waals surface area (Å²) < 4.78 is 24.6. The molecule has 2 N–H and O–H groups in total. The van der Waals surface area contributed by atoms with Crippen LogP contribution in [0.5, 0.6) is 0 Å². The standard InChI is InChI=1S/C42H50N2O10/c1-3-18-44-20-17-40-34-24-9-11-28(36(34)54-38(40)26(46)13-15-42(40,50)30(44)22-24)52-32(48)7-5-6-31(47)51-27-10-8-23-21-29-41(49)14-12-25(45)37-39(41,16-19-43(29)4-2)33(23)35(27)53-37/h3,8-11,23-24,29-30,33-34,37-38,49-50H,1,4-7,12-22H2,2H3/t23?,24?,29-,30-,33?,34?,37+,38+,39+,40+,41-,42-/m1/s1. The second kappa shape index (κ2) is 12.0. The molecule has 4 saturated heterocycles. The molecule has 0 radical (unpaired) electrons. The van der Waals surface area contributed by atoms with Crippen LogP contribution in [-0.2, 0) is 38.1 Å². The van der Waals surface area contributed by atoms with E-state index in [0.29, 0.717) is 50.2 Å². The van der Waals surface area contributed by atoms with Gasteiger partial charge >= 0.3 is 11.9 Å². The molecule has 12 heteroatoms. The molecule has 4 aliphatic heterocycles. The number of esters is 2. The lowest BCUT2D eigenvalue weighted by Crippen LogP contribution is -2.76. The lowest BCUT2D eigenvalue weighted by atomic mass is 9.44. The van der Waals surface area contributed by atoms with E-state index in [0.717, 1.165) is 26.1 Å². The SMILES string of the molecule is C=CCN1CC[C@@]23C4C5=C(OC(=O)CCCC(=O)OC6=C7O[C@H]8C(=O)CC[C@@]9(O)[C@H]%10CC(C=C6)C7[C@@]89CCN%10CC)C=CC4C[C@@H]1[C@]2(O)CCC(=O)[C@@H]3O5. The predicted octanol–water partition coefficient (Wildman–Crippen LogP) is 3.39. The van der Waals surface area contributed by atoms with Gasteiger partial charge in [0.05, 0.1) is 22.0 Å². The number of ether oxygens (including phenoxy) is 4. The van der Waals surface area contributed by atoms with Crippen LogP contribution in [0.15, 0.2) is 60.0 Å². The average molecular weight is 743 g/mol. The molecule has 0 aromatic rings. The molecule has 10 rings (SSSR count). The fourth-order valence-corrected chi connectivity index (χ4v) is 13.7. The molecule has 0 amide bonds. The first kappa shape index (κ1) is 34.9. The van der Waals surface area contributed by atoms with Crippen LogP contribution in [0, 0.1) is 34.5 Å². The fourth-order valence-electron chi connectivity index (χ4n) is 13.7. The van der Waals surface area contributed by atoms with E-state index < -0.39 is 46.2 Å². The highest BCUT2D eigenvalue weighted by atomic mass is 16.6. The largest absolute Gasteiger partial charge is 0.482 e. The van der Waals surface area contributed by atoms with Gasteiger partial charge in [-0.05, 0) is 88.6 Å². The number of rotatable bonds is 9. The van der Waals surface area contributed by atoms with Crippen molar-refractivity contribution < 1.29 is 48.3 Å². The van der Waals surface area contributed by atoms with Crippen LogP contribution in [0.3, 0.4) is 0 Å². The lowest BCUT2D eigenvalue weighted by molar-refractivity contribution is -0.243. The zero-order valence-electron chi connectivity index (χ0n) is 30.9. The van der Waals surface area contributed by atoms with E-state index in [1.165, 1.54) is 0 Å². The van der Waals surface area contributed by atoms with Gasteiger partial charge in [-0.1, -0.05) is 25.2 Å². The summed E-state index contributed by atoms with van der Waals surface area (Å²) in [6.07, 6.45) is 12.0. The molecule has 4 saturated carbocycles. The van der Waals surface area contributed by atoms with E-state index in [9.17, 15) is 29.4 Å². The van der Waals surface area contributed by atoms with Crippen molar-refractivity contribution in [3.05, 3.63) is 60.0 Å². The summed E-state index contributed by atoms with van der Waals surface area (Å²) >= 11 is 0. The van der Waals surface area contributed by atoms with Crippen molar-refractivity contribution in [2.24, 2.45) is 34.5 Å². The van der Waals surface area contributed by atoms with E-state index >= 15 is 0 Å². The minimum absolute atomic E-state index is 0.000221. The lowest BCUT2D eigenvalue weighted by Gasteiger charge is -2.65.